The van der Waals surface area contributed by atoms with E-state index in [1.54, 1.807) is 12.0 Å². The van der Waals surface area contributed by atoms with Gasteiger partial charge in [0.05, 0.1) is 19.2 Å². The molecule has 1 fully saturated rings. The van der Waals surface area contributed by atoms with Crippen LogP contribution in [0, 0.1) is 11.8 Å². The zero-order valence-corrected chi connectivity index (χ0v) is 24.1. The third-order valence-corrected chi connectivity index (χ3v) is 8.47. The van der Waals surface area contributed by atoms with Crippen LogP contribution in [0.4, 0.5) is 0 Å². The maximum absolute atomic E-state index is 14.0. The summed E-state index contributed by atoms with van der Waals surface area (Å²) in [6.07, 6.45) is 2.16. The first-order chi connectivity index (χ1) is 18.7. The molecule has 0 bridgehead atoms. The van der Waals surface area contributed by atoms with Crippen LogP contribution in [0.25, 0.3) is 10.9 Å². The number of methoxy groups -OCH3 is 1. The Kier molecular flexibility index (Phi) is 7.92. The molecule has 0 unspecified atom stereocenters. The summed E-state index contributed by atoms with van der Waals surface area (Å²) in [7, 11) is 1.63. The Bertz CT molecular complexity index is 1360. The molecule has 8 heteroatoms. The Labute approximate surface area is 236 Å². The third kappa shape index (κ3) is 5.66. The van der Waals surface area contributed by atoms with Crippen LogP contribution >= 0.6 is 11.6 Å². The van der Waals surface area contributed by atoms with Gasteiger partial charge < -0.3 is 24.4 Å². The van der Waals surface area contributed by atoms with Crippen molar-refractivity contribution < 1.29 is 14.3 Å². The van der Waals surface area contributed by atoms with Gasteiger partial charge in [-0.3, -0.25) is 9.59 Å². The molecule has 0 aliphatic carbocycles. The molecule has 0 radical (unpaired) electrons. The summed E-state index contributed by atoms with van der Waals surface area (Å²) in [5, 5.41) is 4.72. The quantitative estimate of drug-likeness (QED) is 0.391. The lowest BCUT2D eigenvalue weighted by Gasteiger charge is -2.44. The zero-order chi connectivity index (χ0) is 27.7. The van der Waals surface area contributed by atoms with Crippen molar-refractivity contribution in [2.75, 3.05) is 33.3 Å². The summed E-state index contributed by atoms with van der Waals surface area (Å²) in [5.74, 6) is 1.81. The van der Waals surface area contributed by atoms with Crippen molar-refractivity contribution in [3.63, 3.8) is 0 Å². The number of piperidine rings is 1. The maximum atomic E-state index is 14.0. The van der Waals surface area contributed by atoms with Gasteiger partial charge in [0, 0.05) is 42.7 Å². The van der Waals surface area contributed by atoms with Gasteiger partial charge in [-0.1, -0.05) is 37.6 Å². The van der Waals surface area contributed by atoms with Gasteiger partial charge in [-0.05, 0) is 74.0 Å². The molecule has 7 nitrogen and oxygen atoms in total. The van der Waals surface area contributed by atoms with Gasteiger partial charge in [-0.2, -0.15) is 0 Å². The summed E-state index contributed by atoms with van der Waals surface area (Å²) >= 11 is 6.26. The summed E-state index contributed by atoms with van der Waals surface area (Å²) < 4.78 is 7.41. The minimum Gasteiger partial charge on any atom is -0.497 e. The number of benzene rings is 2. The largest absolute Gasteiger partial charge is 0.497 e. The number of hydrogen-bond acceptors (Lipinski definition) is 4. The minimum absolute atomic E-state index is 0.145. The minimum atomic E-state index is -1.09. The molecule has 2 amide bonds. The van der Waals surface area contributed by atoms with Crippen molar-refractivity contribution in [1.82, 2.24) is 19.7 Å². The second kappa shape index (κ2) is 11.2. The molecule has 1 aromatic heterocycles. The van der Waals surface area contributed by atoms with Crippen LogP contribution in [0.3, 0.4) is 0 Å². The van der Waals surface area contributed by atoms with Gasteiger partial charge in [-0.15, -0.1) is 0 Å². The third-order valence-electron chi connectivity index (χ3n) is 8.24. The zero-order valence-electron chi connectivity index (χ0n) is 23.4. The first kappa shape index (κ1) is 27.5. The molecule has 1 N–H and O–H groups in total. The number of halogens is 1. The smallest absolute Gasteiger partial charge is 0.271 e. The number of rotatable bonds is 8. The lowest BCUT2D eigenvalue weighted by atomic mass is 9.92. The fourth-order valence-corrected chi connectivity index (χ4v) is 6.61. The van der Waals surface area contributed by atoms with E-state index in [9.17, 15) is 9.59 Å². The Balaban J connectivity index is 1.39. The summed E-state index contributed by atoms with van der Waals surface area (Å²) in [5.41, 5.74) is 1.25. The SMILES string of the molecule is COc1ccc2cc3n(c2c1)C[C@](C)(C(=O)NCCCN1C[C@H](C)C[C@H](C)C1)N(Cc1cccc(Cl)c1)C3=O. The van der Waals surface area contributed by atoms with Gasteiger partial charge in [0.2, 0.25) is 5.91 Å². The molecule has 39 heavy (non-hydrogen) atoms. The second-order valence-corrected chi connectivity index (χ2v) is 12.1. The van der Waals surface area contributed by atoms with Crippen molar-refractivity contribution in [3.8, 4) is 5.75 Å². The highest BCUT2D eigenvalue weighted by Crippen LogP contribution is 2.35. The normalized spacial score (nSPS) is 23.6. The second-order valence-electron chi connectivity index (χ2n) is 11.7. The highest BCUT2D eigenvalue weighted by Gasteiger charge is 2.47. The summed E-state index contributed by atoms with van der Waals surface area (Å²) in [6.45, 7) is 10.9. The van der Waals surface area contributed by atoms with E-state index in [1.807, 2.05) is 60.0 Å². The lowest BCUT2D eigenvalue weighted by molar-refractivity contribution is -0.133. The Morgan fingerprint density at radius 1 is 1.13 bits per heavy atom. The average Bonchev–Trinajstić information content (AvgIpc) is 3.26. The van der Waals surface area contributed by atoms with Crippen molar-refractivity contribution in [1.29, 1.82) is 0 Å². The highest BCUT2D eigenvalue weighted by molar-refractivity contribution is 6.30. The standard InChI is InChI=1S/C31H39ClN4O3/c1-21-13-22(2)18-34(17-21)12-6-11-33-30(38)31(3)20-35-27-16-26(39-4)10-9-24(27)15-28(35)29(37)36(31)19-23-7-5-8-25(32)14-23/h5,7-10,14-16,21-22H,6,11-13,17-20H2,1-4H3,(H,33,38)/t21-,22+,31-/m1/s1. The first-order valence-electron chi connectivity index (χ1n) is 13.9. The number of nitrogens with zero attached hydrogens (tertiary/aromatic N) is 3. The number of hydrogen-bond donors (Lipinski definition) is 1. The molecule has 3 aromatic rings. The van der Waals surface area contributed by atoms with Crippen molar-refractivity contribution >= 4 is 34.3 Å². The van der Waals surface area contributed by atoms with Crippen LogP contribution in [-0.4, -0.2) is 65.0 Å². The fraction of sp³-hybridized carbons (Fsp3) is 0.484. The molecule has 3 heterocycles. The molecule has 2 aliphatic heterocycles. The van der Waals surface area contributed by atoms with E-state index in [4.69, 9.17) is 16.3 Å². The van der Waals surface area contributed by atoms with Gasteiger partial charge >= 0.3 is 0 Å². The van der Waals surface area contributed by atoms with Gasteiger partial charge in [0.1, 0.15) is 17.0 Å². The maximum Gasteiger partial charge on any atom is 0.271 e. The number of carbonyl (C=O) groups excluding carboxylic acids is 2. The Morgan fingerprint density at radius 3 is 2.62 bits per heavy atom. The van der Waals surface area contributed by atoms with Crippen LogP contribution in [-0.2, 0) is 17.9 Å². The number of ether oxygens (including phenoxy) is 1. The predicted molar refractivity (Wildman–Crippen MR) is 155 cm³/mol. The monoisotopic (exact) mass is 550 g/mol. The molecular formula is C31H39ClN4O3. The molecule has 2 aliphatic rings. The predicted octanol–water partition coefficient (Wildman–Crippen LogP) is 5.20. The molecule has 1 saturated heterocycles. The van der Waals surface area contributed by atoms with Crippen molar-refractivity contribution in [2.45, 2.75) is 52.2 Å². The average molecular weight is 551 g/mol. The topological polar surface area (TPSA) is 66.8 Å². The van der Waals surface area contributed by atoms with E-state index >= 15 is 0 Å². The molecular weight excluding hydrogens is 512 g/mol. The van der Waals surface area contributed by atoms with Crippen LogP contribution < -0.4 is 10.1 Å². The van der Waals surface area contributed by atoms with Crippen LogP contribution in [0.5, 0.6) is 5.75 Å². The lowest BCUT2D eigenvalue weighted by Crippen LogP contribution is -2.63. The van der Waals surface area contributed by atoms with E-state index in [1.165, 1.54) is 6.42 Å². The van der Waals surface area contributed by atoms with Crippen molar-refractivity contribution in [2.24, 2.45) is 11.8 Å². The van der Waals surface area contributed by atoms with E-state index in [0.717, 1.165) is 42.5 Å². The molecule has 208 valence electrons. The molecule has 5 rings (SSSR count). The number of nitrogens with one attached hydrogen (secondary N) is 1. The van der Waals surface area contributed by atoms with E-state index in [-0.39, 0.29) is 18.4 Å². The number of fused-ring (bicyclic) bond motifs is 3. The number of amides is 2. The molecule has 2 aromatic carbocycles. The van der Waals surface area contributed by atoms with Gasteiger partial charge in [0.25, 0.3) is 5.91 Å². The number of carbonyl (C=O) groups is 2. The Hall–Kier alpha value is -3.03. The Morgan fingerprint density at radius 2 is 1.90 bits per heavy atom. The summed E-state index contributed by atoms with van der Waals surface area (Å²) in [6, 6.07) is 15.1. The molecule has 0 saturated carbocycles. The van der Waals surface area contributed by atoms with E-state index in [2.05, 4.69) is 24.1 Å². The van der Waals surface area contributed by atoms with E-state index < -0.39 is 5.54 Å². The number of likely N-dealkylation sites (tertiary alicyclic amines) is 1. The van der Waals surface area contributed by atoms with Crippen molar-refractivity contribution in [3.05, 3.63) is 64.8 Å². The fourth-order valence-electron chi connectivity index (χ4n) is 6.39. The van der Waals surface area contributed by atoms with Gasteiger partial charge in [-0.25, -0.2) is 0 Å². The highest BCUT2D eigenvalue weighted by atomic mass is 35.5. The summed E-state index contributed by atoms with van der Waals surface area (Å²) in [4.78, 5) is 32.1. The number of aromatic nitrogens is 1. The van der Waals surface area contributed by atoms with Crippen LogP contribution in [0.2, 0.25) is 5.02 Å². The van der Waals surface area contributed by atoms with Gasteiger partial charge in [0.15, 0.2) is 0 Å². The van der Waals surface area contributed by atoms with Crippen LogP contribution in [0.1, 0.15) is 49.7 Å². The molecule has 0 spiro atoms. The molecule has 3 atom stereocenters. The van der Waals surface area contributed by atoms with Crippen LogP contribution in [0.15, 0.2) is 48.5 Å². The first-order valence-corrected chi connectivity index (χ1v) is 14.3. The van der Waals surface area contributed by atoms with E-state index in [0.29, 0.717) is 41.4 Å².